The molecule has 0 rings (SSSR count). The molecule has 0 spiro atoms. The van der Waals surface area contributed by atoms with Crippen molar-refractivity contribution in [3.05, 3.63) is 0 Å². The summed E-state index contributed by atoms with van der Waals surface area (Å²) in [7, 11) is 0. The molecule has 0 radical (unpaired) electrons. The third kappa shape index (κ3) is 51.6. The van der Waals surface area contributed by atoms with Crippen molar-refractivity contribution in [2.75, 3.05) is 6.54 Å². The Morgan fingerprint density at radius 3 is 0.964 bits per heavy atom. The molecule has 0 fully saturated rings. The minimum Gasteiger partial charge on any atom is -0.481 e. The molecule has 0 aromatic rings. The van der Waals surface area contributed by atoms with Gasteiger partial charge in [0.15, 0.2) is 0 Å². The van der Waals surface area contributed by atoms with Crippen molar-refractivity contribution in [3.8, 4) is 0 Å². The molecule has 0 aromatic carbocycles. The van der Waals surface area contributed by atoms with Crippen LogP contribution in [0.5, 0.6) is 0 Å². The molecular weight excluding hydrogens is 744 g/mol. The van der Waals surface area contributed by atoms with Gasteiger partial charge < -0.3 is 91.8 Å². The maximum atomic E-state index is 10.1. The van der Waals surface area contributed by atoms with E-state index in [1.54, 1.807) is 0 Å². The summed E-state index contributed by atoms with van der Waals surface area (Å²) in [5.74, 6) is -7.69. The van der Waals surface area contributed by atoms with Gasteiger partial charge in [-0.2, -0.15) is 0 Å². The fraction of sp³-hybridized carbons (Fsp3) is 0.733. The van der Waals surface area contributed by atoms with Crippen LogP contribution >= 0.6 is 0 Å². The summed E-state index contributed by atoms with van der Waals surface area (Å²) in [6.07, 6.45) is 0.656. The van der Waals surface area contributed by atoms with Gasteiger partial charge >= 0.3 is 41.8 Å². The molecule has 25 heteroatoms. The Labute approximate surface area is 318 Å². The van der Waals surface area contributed by atoms with Gasteiger partial charge in [-0.05, 0) is 58.4 Å². The molecule has 0 bridgehead atoms. The SMILES string of the molecule is CC(C)CC(N)C(=O)O.CC(O)C(N)C(=O)O.CC(O)C(N)C(=O)O.NC(=O)CCC(N)C(=O)O.NC(CCC(=O)O)C(=O)O.NCCCCC(N)C(=O)O. The number of aliphatic hydroxyl groups excluding tert-OH is 2. The Morgan fingerprint density at radius 2 is 0.782 bits per heavy atom. The number of carboxylic acid groups (broad SMARTS) is 7. The lowest BCUT2D eigenvalue weighted by Gasteiger charge is -2.07. The quantitative estimate of drug-likeness (QED) is 0.0515. The average molecular weight is 809 g/mol. The first-order valence-corrected chi connectivity index (χ1v) is 16.4. The lowest BCUT2D eigenvalue weighted by atomic mass is 10.1. The molecule has 0 heterocycles. The Kier molecular flexibility index (Phi) is 42.8. The summed E-state index contributed by atoms with van der Waals surface area (Å²) < 4.78 is 0. The third-order valence-corrected chi connectivity index (χ3v) is 5.94. The number of nitrogens with two attached hydrogens (primary N) is 8. The van der Waals surface area contributed by atoms with Crippen LogP contribution in [0, 0.1) is 5.92 Å². The topological polar surface area (TPSA) is 527 Å². The minimum absolute atomic E-state index is 0.0213. The fourth-order valence-corrected chi connectivity index (χ4v) is 2.48. The maximum Gasteiger partial charge on any atom is 0.323 e. The summed E-state index contributed by atoms with van der Waals surface area (Å²) in [6.45, 7) is 7.16. The number of aliphatic hydroxyl groups is 2. The third-order valence-electron chi connectivity index (χ3n) is 5.94. The Bertz CT molecular complexity index is 1060. The van der Waals surface area contributed by atoms with Gasteiger partial charge in [0.25, 0.3) is 0 Å². The largest absolute Gasteiger partial charge is 0.481 e. The van der Waals surface area contributed by atoms with Gasteiger partial charge in [0, 0.05) is 12.8 Å². The van der Waals surface area contributed by atoms with Crippen molar-refractivity contribution >= 4 is 47.7 Å². The number of carboxylic acids is 7. The molecule has 8 atom stereocenters. The summed E-state index contributed by atoms with van der Waals surface area (Å²) >= 11 is 0. The van der Waals surface area contributed by atoms with Crippen LogP contribution in [0.1, 0.15) is 79.1 Å². The van der Waals surface area contributed by atoms with Crippen LogP contribution in [0.4, 0.5) is 0 Å². The van der Waals surface area contributed by atoms with Crippen molar-refractivity contribution < 1.29 is 84.3 Å². The van der Waals surface area contributed by atoms with Crippen LogP contribution in [0.2, 0.25) is 0 Å². The Balaban J connectivity index is -0.000000131. The van der Waals surface area contributed by atoms with Crippen molar-refractivity contribution in [1.29, 1.82) is 0 Å². The first-order chi connectivity index (χ1) is 24.9. The first-order valence-electron chi connectivity index (χ1n) is 16.4. The van der Waals surface area contributed by atoms with Crippen LogP contribution in [-0.2, 0) is 38.4 Å². The van der Waals surface area contributed by atoms with Gasteiger partial charge in [-0.25, -0.2) is 0 Å². The minimum atomic E-state index is -1.18. The van der Waals surface area contributed by atoms with Crippen LogP contribution in [0.3, 0.4) is 0 Å². The van der Waals surface area contributed by atoms with E-state index in [9.17, 15) is 38.4 Å². The van der Waals surface area contributed by atoms with E-state index in [0.29, 0.717) is 25.3 Å². The molecule has 0 aliphatic rings. The van der Waals surface area contributed by atoms with E-state index in [1.807, 2.05) is 13.8 Å². The zero-order valence-corrected chi connectivity index (χ0v) is 31.5. The van der Waals surface area contributed by atoms with Gasteiger partial charge in [0.1, 0.15) is 36.3 Å². The number of aliphatic carboxylic acids is 7. The smallest absolute Gasteiger partial charge is 0.323 e. The highest BCUT2D eigenvalue weighted by Gasteiger charge is 2.17. The highest BCUT2D eigenvalue weighted by molar-refractivity contribution is 5.77. The monoisotopic (exact) mass is 808 g/mol. The molecule has 0 aromatic heterocycles. The van der Waals surface area contributed by atoms with E-state index in [1.165, 1.54) is 13.8 Å². The first kappa shape index (κ1) is 62.4. The molecule has 0 saturated carbocycles. The van der Waals surface area contributed by atoms with Gasteiger partial charge in [-0.15, -0.1) is 0 Å². The van der Waals surface area contributed by atoms with E-state index in [2.05, 4.69) is 0 Å². The van der Waals surface area contributed by atoms with E-state index in [0.717, 1.165) is 12.8 Å². The second kappa shape index (κ2) is 37.7. The second-order valence-corrected chi connectivity index (χ2v) is 11.8. The van der Waals surface area contributed by atoms with Crippen LogP contribution in [0.25, 0.3) is 0 Å². The predicted molar refractivity (Wildman–Crippen MR) is 195 cm³/mol. The average Bonchev–Trinajstić information content (AvgIpc) is 3.05. The van der Waals surface area contributed by atoms with Gasteiger partial charge in [0.2, 0.25) is 5.91 Å². The number of hydrogen-bond donors (Lipinski definition) is 17. The number of amides is 1. The fourth-order valence-electron chi connectivity index (χ4n) is 2.48. The molecule has 55 heavy (non-hydrogen) atoms. The Morgan fingerprint density at radius 1 is 0.473 bits per heavy atom. The van der Waals surface area contributed by atoms with Crippen molar-refractivity contribution in [2.45, 2.75) is 128 Å². The number of carbonyl (C=O) groups is 8. The molecule has 0 aliphatic carbocycles. The number of rotatable bonds is 20. The summed E-state index contributed by atoms with van der Waals surface area (Å²) in [5.41, 5.74) is 40.3. The van der Waals surface area contributed by atoms with Crippen molar-refractivity contribution in [1.82, 2.24) is 0 Å². The van der Waals surface area contributed by atoms with Gasteiger partial charge in [-0.1, -0.05) is 20.3 Å². The molecule has 25 N–H and O–H groups in total. The standard InChI is InChI=1S/C6H14N2O2.C6H13NO2.C5H10N2O3.C5H9NO4.2C4H9NO3/c7-4-2-1-3-5(8)6(9)10;1-4(2)3-5(7)6(8)9;2*6-3(5(9)10)1-2-4(7)8;2*1-2(6)3(5)4(7)8/h5H,1-4,7-8H2,(H,9,10);4-5H,3,7H2,1-2H3,(H,8,9);3H,1-2,6H2,(H2,7,8)(H,9,10);3H,1-2,6H2,(H,7,8)(H,9,10);2*2-3,6H,5H2,1H3,(H,7,8). The Hall–Kier alpha value is -4.60. The van der Waals surface area contributed by atoms with Gasteiger partial charge in [-0.3, -0.25) is 38.4 Å². The van der Waals surface area contributed by atoms with Crippen LogP contribution < -0.4 is 45.9 Å². The second-order valence-electron chi connectivity index (χ2n) is 11.8. The van der Waals surface area contributed by atoms with E-state index >= 15 is 0 Å². The zero-order chi connectivity index (χ0) is 45.2. The van der Waals surface area contributed by atoms with Crippen molar-refractivity contribution in [2.24, 2.45) is 51.8 Å². The molecule has 8 unspecified atom stereocenters. The summed E-state index contributed by atoms with van der Waals surface area (Å²) in [5, 5.41) is 74.2. The van der Waals surface area contributed by atoms with Crippen molar-refractivity contribution in [3.63, 3.8) is 0 Å². The molecule has 25 nitrogen and oxygen atoms in total. The molecule has 326 valence electrons. The highest BCUT2D eigenvalue weighted by Crippen LogP contribution is 2.01. The molecule has 0 saturated heterocycles. The van der Waals surface area contributed by atoms with E-state index in [4.69, 9.17) is 91.8 Å². The van der Waals surface area contributed by atoms with E-state index in [-0.39, 0.29) is 25.7 Å². The lowest BCUT2D eigenvalue weighted by Crippen LogP contribution is -2.39. The molecular formula is C30H64N8O17. The molecule has 1 amide bonds. The normalized spacial score (nSPS) is 14.2. The predicted octanol–water partition coefficient (Wildman–Crippen LogP) is -4.54. The van der Waals surface area contributed by atoms with Crippen LogP contribution in [0.15, 0.2) is 0 Å². The number of hydrogen-bond acceptors (Lipinski definition) is 17. The summed E-state index contributed by atoms with van der Waals surface area (Å²) in [4.78, 5) is 80.0. The lowest BCUT2D eigenvalue weighted by molar-refractivity contribution is -0.141. The zero-order valence-electron chi connectivity index (χ0n) is 31.5. The maximum absolute atomic E-state index is 10.1. The molecule has 0 aliphatic heterocycles. The van der Waals surface area contributed by atoms with Crippen LogP contribution in [-0.4, -0.2) is 149 Å². The number of unbranched alkanes of at least 4 members (excludes halogenated alkanes) is 1. The number of primary amides is 1. The van der Waals surface area contributed by atoms with Gasteiger partial charge in [0.05, 0.1) is 12.2 Å². The highest BCUT2D eigenvalue weighted by atomic mass is 16.4. The number of carbonyl (C=O) groups excluding carboxylic acids is 1. The summed E-state index contributed by atoms with van der Waals surface area (Å²) in [6, 6.07) is -5.76. The van der Waals surface area contributed by atoms with E-state index < -0.39 is 96.2 Å².